The molecule has 1 aromatic heterocycles. The lowest BCUT2D eigenvalue weighted by atomic mass is 10.1. The molecule has 0 radical (unpaired) electrons. The van der Waals surface area contributed by atoms with Gasteiger partial charge in [0.05, 0.1) is 18.7 Å². The molecule has 0 unspecified atom stereocenters. The topological polar surface area (TPSA) is 94.9 Å². The van der Waals surface area contributed by atoms with Crippen molar-refractivity contribution in [1.82, 2.24) is 15.2 Å². The van der Waals surface area contributed by atoms with Gasteiger partial charge < -0.3 is 20.3 Å². The van der Waals surface area contributed by atoms with Crippen LogP contribution in [0.25, 0.3) is 0 Å². The normalized spacial score (nSPS) is 24.3. The number of carbonyl (C=O) groups excluding carboxylic acids is 1. The highest BCUT2D eigenvalue weighted by Crippen LogP contribution is 2.29. The Morgan fingerprint density at radius 3 is 2.86 bits per heavy atom. The van der Waals surface area contributed by atoms with Crippen LogP contribution in [0.4, 0.5) is 4.39 Å². The number of hydrogen-bond acceptors (Lipinski definition) is 6. The Morgan fingerprint density at radius 1 is 1.36 bits per heavy atom. The van der Waals surface area contributed by atoms with E-state index in [-0.39, 0.29) is 18.2 Å². The van der Waals surface area contributed by atoms with Gasteiger partial charge in [0, 0.05) is 25.2 Å². The molecular weight excluding hydrogens is 365 g/mol. The van der Waals surface area contributed by atoms with Gasteiger partial charge in [0.1, 0.15) is 29.5 Å². The van der Waals surface area contributed by atoms with Gasteiger partial charge in [0.2, 0.25) is 0 Å². The number of benzene rings is 1. The lowest BCUT2D eigenvalue weighted by molar-refractivity contribution is 0.0109. The van der Waals surface area contributed by atoms with Gasteiger partial charge in [-0.25, -0.2) is 4.39 Å². The van der Waals surface area contributed by atoms with Crippen molar-refractivity contribution >= 4 is 5.91 Å². The van der Waals surface area contributed by atoms with Crippen LogP contribution in [-0.2, 0) is 0 Å². The fraction of sp³-hybridized carbons (Fsp3) is 0.400. The highest BCUT2D eigenvalue weighted by Gasteiger charge is 2.46. The molecule has 7 nitrogen and oxygen atoms in total. The minimum Gasteiger partial charge on any atom is -0.487 e. The van der Waals surface area contributed by atoms with Crippen LogP contribution in [-0.4, -0.2) is 70.5 Å². The summed E-state index contributed by atoms with van der Waals surface area (Å²) in [6.45, 7) is 0.237. The van der Waals surface area contributed by atoms with Gasteiger partial charge in [0.25, 0.3) is 5.91 Å². The molecule has 1 fully saturated rings. The maximum Gasteiger partial charge on any atom is 0.270 e. The second kappa shape index (κ2) is 9.09. The predicted molar refractivity (Wildman–Crippen MR) is 100 cm³/mol. The highest BCUT2D eigenvalue weighted by atomic mass is 19.1. The summed E-state index contributed by atoms with van der Waals surface area (Å²) >= 11 is 0. The first-order chi connectivity index (χ1) is 13.5. The summed E-state index contributed by atoms with van der Waals surface area (Å²) in [5.74, 6) is -0.477. The molecule has 8 heteroatoms. The van der Waals surface area contributed by atoms with E-state index < -0.39 is 30.1 Å². The quantitative estimate of drug-likeness (QED) is 0.649. The number of pyridine rings is 1. The third-order valence-electron chi connectivity index (χ3n) is 4.89. The zero-order valence-electron chi connectivity index (χ0n) is 15.5. The van der Waals surface area contributed by atoms with Crippen molar-refractivity contribution in [3.8, 4) is 5.75 Å². The van der Waals surface area contributed by atoms with Crippen molar-refractivity contribution in [2.75, 3.05) is 20.2 Å². The number of nitrogens with one attached hydrogen (secondary N) is 1. The molecule has 3 N–H and O–H groups in total. The lowest BCUT2D eigenvalue weighted by Crippen LogP contribution is -2.52. The Labute approximate surface area is 162 Å². The average molecular weight is 389 g/mol. The van der Waals surface area contributed by atoms with Gasteiger partial charge in [0.15, 0.2) is 0 Å². The Hall–Kier alpha value is -2.55. The first-order valence-electron chi connectivity index (χ1n) is 9.13. The summed E-state index contributed by atoms with van der Waals surface area (Å²) in [5, 5.41) is 23.0. The molecule has 0 aliphatic heterocycles. The minimum atomic E-state index is -0.936. The van der Waals surface area contributed by atoms with Crippen LogP contribution in [0.3, 0.4) is 0 Å². The summed E-state index contributed by atoms with van der Waals surface area (Å²) in [6.07, 6.45) is 0.288. The molecule has 4 atom stereocenters. The lowest BCUT2D eigenvalue weighted by Gasteiger charge is -2.31. The Balaban J connectivity index is 1.77. The van der Waals surface area contributed by atoms with Crippen molar-refractivity contribution < 1.29 is 24.1 Å². The molecular formula is C20H24FN3O4. The monoisotopic (exact) mass is 389 g/mol. The molecule has 1 aliphatic carbocycles. The Kier molecular flexibility index (Phi) is 6.56. The molecule has 0 spiro atoms. The maximum atomic E-state index is 13.4. The van der Waals surface area contributed by atoms with E-state index in [0.717, 1.165) is 0 Å². The van der Waals surface area contributed by atoms with E-state index in [4.69, 9.17) is 4.74 Å². The molecule has 1 amide bonds. The van der Waals surface area contributed by atoms with Gasteiger partial charge in [-0.1, -0.05) is 12.1 Å². The third-order valence-corrected chi connectivity index (χ3v) is 4.89. The zero-order chi connectivity index (χ0) is 20.1. The smallest absolute Gasteiger partial charge is 0.270 e. The van der Waals surface area contributed by atoms with Crippen molar-refractivity contribution in [3.05, 3.63) is 60.2 Å². The molecule has 2 aromatic rings. The molecule has 28 heavy (non-hydrogen) atoms. The number of ether oxygens (including phenoxy) is 1. The summed E-state index contributed by atoms with van der Waals surface area (Å²) in [6, 6.07) is 9.84. The van der Waals surface area contributed by atoms with Gasteiger partial charge in [-0.05, 0) is 31.3 Å². The molecule has 0 saturated heterocycles. The van der Waals surface area contributed by atoms with E-state index in [1.807, 2.05) is 0 Å². The van der Waals surface area contributed by atoms with E-state index in [1.165, 1.54) is 24.4 Å². The summed E-state index contributed by atoms with van der Waals surface area (Å²) in [5.41, 5.74) is 0.273. The molecule has 1 heterocycles. The van der Waals surface area contributed by atoms with Gasteiger partial charge in [-0.3, -0.25) is 14.7 Å². The molecule has 0 bridgehead atoms. The van der Waals surface area contributed by atoms with Gasteiger partial charge in [-0.15, -0.1) is 0 Å². The van der Waals surface area contributed by atoms with E-state index in [2.05, 4.69) is 10.3 Å². The second-order valence-electron chi connectivity index (χ2n) is 6.83. The van der Waals surface area contributed by atoms with Crippen LogP contribution in [0, 0.1) is 5.82 Å². The summed E-state index contributed by atoms with van der Waals surface area (Å²) in [7, 11) is 1.76. The third kappa shape index (κ3) is 4.64. The standard InChI is InChI=1S/C20H24FN3O4/c1-24(9-10-25)18-16(23-20(27)15-7-2-3-8-22-15)12-17(19(18)26)28-14-6-4-5-13(21)11-14/h2-8,11,16-19,25-26H,9-10,12H2,1H3,(H,23,27)/t16-,17-,18+,19+/m1/s1. The first kappa shape index (κ1) is 20.2. The fourth-order valence-electron chi connectivity index (χ4n) is 3.58. The zero-order valence-corrected chi connectivity index (χ0v) is 15.5. The number of rotatable bonds is 7. The number of amides is 1. The fourth-order valence-corrected chi connectivity index (χ4v) is 3.58. The molecule has 1 saturated carbocycles. The van der Waals surface area contributed by atoms with Crippen molar-refractivity contribution in [1.29, 1.82) is 0 Å². The SMILES string of the molecule is CN(CCO)[C@@H]1[C@@H](O)[C@H](Oc2cccc(F)c2)C[C@H]1NC(=O)c1ccccn1. The van der Waals surface area contributed by atoms with Crippen molar-refractivity contribution in [2.24, 2.45) is 0 Å². The maximum absolute atomic E-state index is 13.4. The molecule has 1 aromatic carbocycles. The Morgan fingerprint density at radius 2 is 2.18 bits per heavy atom. The largest absolute Gasteiger partial charge is 0.487 e. The second-order valence-corrected chi connectivity index (χ2v) is 6.83. The molecule has 3 rings (SSSR count). The molecule has 150 valence electrons. The van der Waals surface area contributed by atoms with Crippen LogP contribution < -0.4 is 10.1 Å². The van der Waals surface area contributed by atoms with E-state index >= 15 is 0 Å². The van der Waals surface area contributed by atoms with E-state index in [1.54, 1.807) is 36.2 Å². The Bertz CT molecular complexity index is 792. The minimum absolute atomic E-state index is 0.0873. The van der Waals surface area contributed by atoms with Crippen molar-refractivity contribution in [3.63, 3.8) is 0 Å². The van der Waals surface area contributed by atoms with Crippen LogP contribution in [0.5, 0.6) is 5.75 Å². The number of hydrogen-bond donors (Lipinski definition) is 3. The number of likely N-dealkylation sites (N-methyl/N-ethyl adjacent to an activating group) is 1. The first-order valence-corrected chi connectivity index (χ1v) is 9.13. The van der Waals surface area contributed by atoms with E-state index in [9.17, 15) is 19.4 Å². The number of aliphatic hydroxyl groups excluding tert-OH is 2. The number of halogens is 1. The number of aromatic nitrogens is 1. The summed E-state index contributed by atoms with van der Waals surface area (Å²) < 4.78 is 19.2. The van der Waals surface area contributed by atoms with Gasteiger partial charge in [-0.2, -0.15) is 0 Å². The van der Waals surface area contributed by atoms with Crippen LogP contribution in [0.1, 0.15) is 16.9 Å². The number of nitrogens with zero attached hydrogens (tertiary/aromatic N) is 2. The predicted octanol–water partition coefficient (Wildman–Crippen LogP) is 0.824. The number of carbonyl (C=O) groups is 1. The van der Waals surface area contributed by atoms with Crippen LogP contribution in [0.2, 0.25) is 0 Å². The average Bonchev–Trinajstić information content (AvgIpc) is 2.97. The van der Waals surface area contributed by atoms with E-state index in [0.29, 0.717) is 18.7 Å². The van der Waals surface area contributed by atoms with Gasteiger partial charge >= 0.3 is 0 Å². The summed E-state index contributed by atoms with van der Waals surface area (Å²) in [4.78, 5) is 18.4. The highest BCUT2D eigenvalue weighted by molar-refractivity contribution is 5.92. The molecule has 1 aliphatic rings. The number of aliphatic hydroxyl groups is 2. The van der Waals surface area contributed by atoms with Crippen LogP contribution in [0.15, 0.2) is 48.7 Å². The van der Waals surface area contributed by atoms with Crippen molar-refractivity contribution in [2.45, 2.75) is 30.7 Å². The van der Waals surface area contributed by atoms with Crippen LogP contribution >= 0.6 is 0 Å².